The Morgan fingerprint density at radius 1 is 1.16 bits per heavy atom. The first-order chi connectivity index (χ1) is 15.2. The maximum atomic E-state index is 12.7. The second-order valence-corrected chi connectivity index (χ2v) is 8.73. The fraction of sp³-hybridized carbons (Fsp3) is 0.625. The van der Waals surface area contributed by atoms with E-state index in [1.807, 2.05) is 18.3 Å². The molecule has 0 spiro atoms. The number of hydrogen-bond donors (Lipinski definition) is 4. The third-order valence-corrected chi connectivity index (χ3v) is 6.29. The molecule has 0 aromatic carbocycles. The van der Waals surface area contributed by atoms with E-state index in [4.69, 9.17) is 5.73 Å². The van der Waals surface area contributed by atoms with E-state index in [2.05, 4.69) is 32.5 Å². The third-order valence-electron chi connectivity index (χ3n) is 6.29. The van der Waals surface area contributed by atoms with Gasteiger partial charge in [-0.05, 0) is 50.2 Å². The third kappa shape index (κ3) is 7.26. The summed E-state index contributed by atoms with van der Waals surface area (Å²) < 4.78 is 0. The van der Waals surface area contributed by atoms with Gasteiger partial charge >= 0.3 is 0 Å². The van der Waals surface area contributed by atoms with Crippen molar-refractivity contribution in [3.05, 3.63) is 24.5 Å². The number of pyridine rings is 1. The summed E-state index contributed by atoms with van der Waals surface area (Å²) in [7, 11) is 0. The zero-order valence-corrected chi connectivity index (χ0v) is 18.8. The van der Waals surface area contributed by atoms with E-state index in [0.717, 1.165) is 61.9 Å². The molecule has 0 saturated heterocycles. The zero-order chi connectivity index (χ0) is 21.9. The molecule has 1 aliphatic carbocycles. The van der Waals surface area contributed by atoms with Gasteiger partial charge in [-0.1, -0.05) is 39.0 Å². The Hall–Kier alpha value is -2.57. The molecule has 2 heterocycles. The first kappa shape index (κ1) is 23.1. The molecule has 31 heavy (non-hydrogen) atoms. The number of nitrogens with two attached hydrogens (primary N) is 1. The van der Waals surface area contributed by atoms with Crippen LogP contribution in [0.15, 0.2) is 29.5 Å². The summed E-state index contributed by atoms with van der Waals surface area (Å²) in [6.07, 6.45) is 15.0. The van der Waals surface area contributed by atoms with Gasteiger partial charge in [0.05, 0.1) is 5.69 Å². The second-order valence-electron chi connectivity index (χ2n) is 8.73. The number of anilines is 1. The summed E-state index contributed by atoms with van der Waals surface area (Å²) in [6.45, 7) is 3.89. The Morgan fingerprint density at radius 2 is 1.94 bits per heavy atom. The maximum Gasteiger partial charge on any atom is 0.227 e. The van der Waals surface area contributed by atoms with Gasteiger partial charge in [-0.15, -0.1) is 0 Å². The van der Waals surface area contributed by atoms with Crippen molar-refractivity contribution >= 4 is 28.6 Å². The number of unbranched alkanes of at least 4 members (excludes halogenated alkanes) is 5. The molecule has 1 aliphatic rings. The van der Waals surface area contributed by atoms with E-state index in [0.29, 0.717) is 11.9 Å². The largest absolute Gasteiger partial charge is 0.370 e. The van der Waals surface area contributed by atoms with Crippen LogP contribution in [0.25, 0.3) is 11.0 Å². The molecule has 0 aliphatic heterocycles. The Kier molecular flexibility index (Phi) is 9.18. The fourth-order valence-corrected chi connectivity index (χ4v) is 4.32. The zero-order valence-electron chi connectivity index (χ0n) is 18.8. The summed E-state index contributed by atoms with van der Waals surface area (Å²) >= 11 is 0. The van der Waals surface area contributed by atoms with E-state index in [1.165, 1.54) is 32.1 Å². The molecule has 3 rings (SSSR count). The number of fused-ring (bicyclic) bond motifs is 1. The van der Waals surface area contributed by atoms with Crippen molar-refractivity contribution < 1.29 is 4.79 Å². The van der Waals surface area contributed by atoms with Gasteiger partial charge in [-0.25, -0.2) is 4.98 Å². The minimum absolute atomic E-state index is 0.0607. The number of carbonyl (C=O) groups excluding carboxylic acids is 1. The van der Waals surface area contributed by atoms with Crippen LogP contribution in [0.2, 0.25) is 0 Å². The monoisotopic (exact) mass is 426 g/mol. The normalized spacial score (nSPS) is 19.5. The molecule has 1 saturated carbocycles. The Balaban J connectivity index is 1.33. The van der Waals surface area contributed by atoms with Gasteiger partial charge in [0, 0.05) is 36.8 Å². The van der Waals surface area contributed by atoms with Crippen molar-refractivity contribution in [1.29, 1.82) is 0 Å². The molecule has 0 unspecified atom stereocenters. The number of nitrogens with one attached hydrogen (secondary N) is 3. The van der Waals surface area contributed by atoms with Crippen LogP contribution in [-0.2, 0) is 4.79 Å². The van der Waals surface area contributed by atoms with E-state index in [9.17, 15) is 4.79 Å². The van der Waals surface area contributed by atoms with Crippen LogP contribution < -0.4 is 16.4 Å². The van der Waals surface area contributed by atoms with Gasteiger partial charge in [-0.2, -0.15) is 0 Å². The molecule has 0 atom stereocenters. The van der Waals surface area contributed by atoms with Crippen LogP contribution in [-0.4, -0.2) is 34.9 Å². The quantitative estimate of drug-likeness (QED) is 0.240. The Labute approximate surface area is 185 Å². The van der Waals surface area contributed by atoms with E-state index in [1.54, 1.807) is 6.20 Å². The average molecular weight is 427 g/mol. The molecular weight excluding hydrogens is 388 g/mol. The van der Waals surface area contributed by atoms with Crippen LogP contribution >= 0.6 is 0 Å². The van der Waals surface area contributed by atoms with Crippen LogP contribution in [0.4, 0.5) is 5.69 Å². The van der Waals surface area contributed by atoms with E-state index in [-0.39, 0.29) is 11.8 Å². The number of aromatic nitrogens is 2. The Morgan fingerprint density at radius 3 is 2.74 bits per heavy atom. The molecule has 7 heteroatoms. The molecule has 0 radical (unpaired) electrons. The van der Waals surface area contributed by atoms with Gasteiger partial charge in [0.2, 0.25) is 5.91 Å². The molecule has 170 valence electrons. The first-order valence-corrected chi connectivity index (χ1v) is 11.9. The number of aromatic amines is 1. The highest BCUT2D eigenvalue weighted by Crippen LogP contribution is 2.30. The predicted octanol–water partition coefficient (Wildman–Crippen LogP) is 4.57. The molecule has 5 N–H and O–H groups in total. The smallest absolute Gasteiger partial charge is 0.227 e. The minimum atomic E-state index is 0.0607. The van der Waals surface area contributed by atoms with Crippen LogP contribution in [0, 0.1) is 11.8 Å². The number of aliphatic imine (C=N–C) groups is 1. The molecule has 1 amide bonds. The lowest BCUT2D eigenvalue weighted by Crippen LogP contribution is -2.33. The molecule has 1 fully saturated rings. The molecule has 2 aromatic rings. The number of H-pyrrole nitrogens is 1. The lowest BCUT2D eigenvalue weighted by atomic mass is 9.81. The van der Waals surface area contributed by atoms with Gasteiger partial charge < -0.3 is 21.4 Å². The number of carbonyl (C=O) groups is 1. The standard InChI is InChI=1S/C24H38N6O/c1-2-3-4-5-6-7-14-28-24(25)29-17-18-8-10-19(11-9-18)23(31)30-21-13-16-27-22-20(21)12-15-26-22/h12-13,15-16,18-19H,2-11,14,17H2,1H3,(H3,25,28,29)(H2,26,27,30,31). The van der Waals surface area contributed by atoms with Crippen molar-refractivity contribution in [2.24, 2.45) is 22.6 Å². The molecular formula is C24H38N6O. The molecule has 2 aromatic heterocycles. The predicted molar refractivity (Wildman–Crippen MR) is 128 cm³/mol. The van der Waals surface area contributed by atoms with Crippen molar-refractivity contribution in [2.75, 3.05) is 18.4 Å². The highest BCUT2D eigenvalue weighted by atomic mass is 16.1. The molecule has 7 nitrogen and oxygen atoms in total. The highest BCUT2D eigenvalue weighted by molar-refractivity contribution is 6.00. The SMILES string of the molecule is CCCCCCCCNC(N)=NCC1CCC(C(=O)Nc2ccnc3[nH]ccc23)CC1. The average Bonchev–Trinajstić information content (AvgIpc) is 3.27. The molecule has 0 bridgehead atoms. The van der Waals surface area contributed by atoms with E-state index < -0.39 is 0 Å². The lowest BCUT2D eigenvalue weighted by Gasteiger charge is -2.27. The lowest BCUT2D eigenvalue weighted by molar-refractivity contribution is -0.121. The van der Waals surface area contributed by atoms with Crippen molar-refractivity contribution in [3.63, 3.8) is 0 Å². The van der Waals surface area contributed by atoms with Crippen molar-refractivity contribution in [2.45, 2.75) is 71.1 Å². The maximum absolute atomic E-state index is 12.7. The van der Waals surface area contributed by atoms with Gasteiger partial charge in [0.25, 0.3) is 0 Å². The Bertz CT molecular complexity index is 837. The summed E-state index contributed by atoms with van der Waals surface area (Å²) in [5.41, 5.74) is 7.64. The number of hydrogen-bond acceptors (Lipinski definition) is 3. The minimum Gasteiger partial charge on any atom is -0.370 e. The van der Waals surface area contributed by atoms with Gasteiger partial charge in [-0.3, -0.25) is 9.79 Å². The van der Waals surface area contributed by atoms with Crippen molar-refractivity contribution in [3.8, 4) is 0 Å². The second kappa shape index (κ2) is 12.3. The van der Waals surface area contributed by atoms with Crippen LogP contribution in [0.5, 0.6) is 0 Å². The van der Waals surface area contributed by atoms with Crippen LogP contribution in [0.3, 0.4) is 0 Å². The summed E-state index contributed by atoms with van der Waals surface area (Å²) in [4.78, 5) is 24.6. The number of rotatable bonds is 11. The van der Waals surface area contributed by atoms with Crippen molar-refractivity contribution in [1.82, 2.24) is 15.3 Å². The van der Waals surface area contributed by atoms with Gasteiger partial charge in [0.15, 0.2) is 5.96 Å². The topological polar surface area (TPSA) is 108 Å². The van der Waals surface area contributed by atoms with E-state index >= 15 is 0 Å². The number of nitrogens with zero attached hydrogens (tertiary/aromatic N) is 2. The highest BCUT2D eigenvalue weighted by Gasteiger charge is 2.26. The number of guanidine groups is 1. The fourth-order valence-electron chi connectivity index (χ4n) is 4.32. The first-order valence-electron chi connectivity index (χ1n) is 11.9. The number of amides is 1. The van der Waals surface area contributed by atoms with Gasteiger partial charge in [0.1, 0.15) is 5.65 Å². The summed E-state index contributed by atoms with van der Waals surface area (Å²) in [6, 6.07) is 3.80. The summed E-state index contributed by atoms with van der Waals surface area (Å²) in [5, 5.41) is 7.28. The van der Waals surface area contributed by atoms with Crippen LogP contribution in [0.1, 0.15) is 71.1 Å². The summed E-state index contributed by atoms with van der Waals surface area (Å²) in [5.74, 6) is 1.23.